The van der Waals surface area contributed by atoms with Crippen LogP contribution in [0.2, 0.25) is 0 Å². The molecular formula is C20H25BrN2O4S. The second-order valence-electron chi connectivity index (χ2n) is 6.19. The Balaban J connectivity index is 1.92. The van der Waals surface area contributed by atoms with Gasteiger partial charge in [-0.05, 0) is 48.9 Å². The van der Waals surface area contributed by atoms with Crippen molar-refractivity contribution in [1.82, 2.24) is 9.62 Å². The third kappa shape index (κ3) is 5.80. The van der Waals surface area contributed by atoms with Crippen molar-refractivity contribution in [1.29, 1.82) is 0 Å². The zero-order valence-corrected chi connectivity index (χ0v) is 18.6. The van der Waals surface area contributed by atoms with E-state index in [2.05, 4.69) is 21.2 Å². The number of rotatable bonds is 9. The summed E-state index contributed by atoms with van der Waals surface area (Å²) in [4.78, 5) is 12.3. The molecule has 1 N–H and O–H groups in total. The number of sulfonamides is 1. The van der Waals surface area contributed by atoms with Crippen molar-refractivity contribution in [2.24, 2.45) is 0 Å². The zero-order valence-electron chi connectivity index (χ0n) is 16.2. The van der Waals surface area contributed by atoms with E-state index in [1.807, 2.05) is 31.2 Å². The molecule has 2 rings (SSSR count). The molecule has 1 amide bonds. The molecule has 8 heteroatoms. The van der Waals surface area contributed by atoms with Gasteiger partial charge in [0.05, 0.1) is 10.9 Å². The number of carbonyl (C=O) groups is 1. The van der Waals surface area contributed by atoms with Crippen LogP contribution in [-0.4, -0.2) is 38.3 Å². The average molecular weight is 469 g/mol. The standard InChI is InChI=1S/C20H25BrN2O4S/c1-4-23(5-2)28(25,26)19-12-10-18(11-13-19)27-14-20(24)22-15(3)16-6-8-17(21)9-7-16/h6-13,15H,4-5,14H2,1-3H3,(H,22,24). The van der Waals surface area contributed by atoms with Crippen LogP contribution in [0, 0.1) is 0 Å². The van der Waals surface area contributed by atoms with Gasteiger partial charge in [-0.15, -0.1) is 0 Å². The number of carbonyl (C=O) groups excluding carboxylic acids is 1. The van der Waals surface area contributed by atoms with Gasteiger partial charge in [-0.25, -0.2) is 8.42 Å². The number of amides is 1. The highest BCUT2D eigenvalue weighted by Gasteiger charge is 2.21. The van der Waals surface area contributed by atoms with Crippen molar-refractivity contribution in [3.05, 3.63) is 58.6 Å². The molecule has 0 bridgehead atoms. The molecule has 0 aliphatic rings. The Kier molecular flexibility index (Phi) is 8.03. The highest BCUT2D eigenvalue weighted by molar-refractivity contribution is 9.10. The fourth-order valence-electron chi connectivity index (χ4n) is 2.69. The topological polar surface area (TPSA) is 75.7 Å². The van der Waals surface area contributed by atoms with Crippen LogP contribution in [0.1, 0.15) is 32.4 Å². The predicted octanol–water partition coefficient (Wildman–Crippen LogP) is 3.74. The number of nitrogens with zero attached hydrogens (tertiary/aromatic N) is 1. The van der Waals surface area contributed by atoms with Crippen LogP contribution in [-0.2, 0) is 14.8 Å². The Morgan fingerprint density at radius 1 is 1.07 bits per heavy atom. The summed E-state index contributed by atoms with van der Waals surface area (Å²) in [5.41, 5.74) is 0.988. The van der Waals surface area contributed by atoms with Crippen molar-refractivity contribution in [3.63, 3.8) is 0 Å². The third-order valence-corrected chi connectivity index (χ3v) is 6.88. The molecular weight excluding hydrogens is 444 g/mol. The van der Waals surface area contributed by atoms with Crippen LogP contribution in [0.4, 0.5) is 0 Å². The van der Waals surface area contributed by atoms with Crippen LogP contribution >= 0.6 is 15.9 Å². The van der Waals surface area contributed by atoms with Gasteiger partial charge in [0.2, 0.25) is 10.0 Å². The summed E-state index contributed by atoms with van der Waals surface area (Å²) in [6, 6.07) is 13.7. The highest BCUT2D eigenvalue weighted by atomic mass is 79.9. The maximum atomic E-state index is 12.5. The van der Waals surface area contributed by atoms with Gasteiger partial charge < -0.3 is 10.1 Å². The first-order valence-corrected chi connectivity index (χ1v) is 11.3. The van der Waals surface area contributed by atoms with Crippen molar-refractivity contribution in [2.75, 3.05) is 19.7 Å². The summed E-state index contributed by atoms with van der Waals surface area (Å²) in [7, 11) is -3.50. The van der Waals surface area contributed by atoms with Gasteiger partial charge in [0.25, 0.3) is 5.91 Å². The normalized spacial score (nSPS) is 12.6. The summed E-state index contributed by atoms with van der Waals surface area (Å²) >= 11 is 3.38. The number of halogens is 1. The monoisotopic (exact) mass is 468 g/mol. The van der Waals surface area contributed by atoms with Crippen LogP contribution in [0.5, 0.6) is 5.75 Å². The SMILES string of the molecule is CCN(CC)S(=O)(=O)c1ccc(OCC(=O)NC(C)c2ccc(Br)cc2)cc1. The number of ether oxygens (including phenoxy) is 1. The van der Waals surface area contributed by atoms with Crippen LogP contribution < -0.4 is 10.1 Å². The Morgan fingerprint density at radius 3 is 2.18 bits per heavy atom. The van der Waals surface area contributed by atoms with E-state index >= 15 is 0 Å². The Labute approximate surface area is 175 Å². The quantitative estimate of drug-likeness (QED) is 0.607. The van der Waals surface area contributed by atoms with Gasteiger partial charge in [-0.2, -0.15) is 4.31 Å². The van der Waals surface area contributed by atoms with E-state index in [0.29, 0.717) is 18.8 Å². The number of hydrogen-bond acceptors (Lipinski definition) is 4. The van der Waals surface area contributed by atoms with Crippen molar-refractivity contribution < 1.29 is 17.9 Å². The lowest BCUT2D eigenvalue weighted by Crippen LogP contribution is -2.31. The summed E-state index contributed by atoms with van der Waals surface area (Å²) < 4.78 is 32.8. The minimum absolute atomic E-state index is 0.147. The van der Waals surface area contributed by atoms with Crippen molar-refractivity contribution in [2.45, 2.75) is 31.7 Å². The van der Waals surface area contributed by atoms with Crippen molar-refractivity contribution >= 4 is 31.9 Å². The molecule has 0 aliphatic heterocycles. The second kappa shape index (κ2) is 10.0. The minimum Gasteiger partial charge on any atom is -0.484 e. The molecule has 0 heterocycles. The Hall–Kier alpha value is -1.90. The molecule has 1 unspecified atom stereocenters. The van der Waals surface area contributed by atoms with Gasteiger partial charge in [0, 0.05) is 17.6 Å². The number of hydrogen-bond donors (Lipinski definition) is 1. The number of benzene rings is 2. The molecule has 0 aliphatic carbocycles. The summed E-state index contributed by atoms with van der Waals surface area (Å²) in [5.74, 6) is 0.181. The average Bonchev–Trinajstić information content (AvgIpc) is 2.68. The lowest BCUT2D eigenvalue weighted by molar-refractivity contribution is -0.123. The van der Waals surface area contributed by atoms with Gasteiger partial charge in [0.15, 0.2) is 6.61 Å². The molecule has 152 valence electrons. The molecule has 0 saturated heterocycles. The first kappa shape index (κ1) is 22.4. The van der Waals surface area contributed by atoms with E-state index in [4.69, 9.17) is 4.74 Å². The van der Waals surface area contributed by atoms with Crippen molar-refractivity contribution in [3.8, 4) is 5.75 Å². The molecule has 0 spiro atoms. The maximum absolute atomic E-state index is 12.5. The van der Waals surface area contributed by atoms with E-state index in [1.54, 1.807) is 26.0 Å². The molecule has 0 aromatic heterocycles. The van der Waals surface area contributed by atoms with Crippen LogP contribution in [0.25, 0.3) is 0 Å². The first-order valence-electron chi connectivity index (χ1n) is 9.05. The molecule has 0 fully saturated rings. The Morgan fingerprint density at radius 2 is 1.64 bits per heavy atom. The fraction of sp³-hybridized carbons (Fsp3) is 0.350. The third-order valence-electron chi connectivity index (χ3n) is 4.28. The van der Waals surface area contributed by atoms with E-state index in [-0.39, 0.29) is 23.5 Å². The smallest absolute Gasteiger partial charge is 0.258 e. The predicted molar refractivity (Wildman–Crippen MR) is 113 cm³/mol. The van der Waals surface area contributed by atoms with Gasteiger partial charge in [-0.1, -0.05) is 41.9 Å². The molecule has 28 heavy (non-hydrogen) atoms. The molecule has 0 saturated carbocycles. The summed E-state index contributed by atoms with van der Waals surface area (Å²) in [5, 5.41) is 2.87. The maximum Gasteiger partial charge on any atom is 0.258 e. The lowest BCUT2D eigenvalue weighted by Gasteiger charge is -2.18. The molecule has 1 atom stereocenters. The van der Waals surface area contributed by atoms with Crippen LogP contribution in [0.15, 0.2) is 57.9 Å². The van der Waals surface area contributed by atoms with Gasteiger partial charge in [0.1, 0.15) is 5.75 Å². The summed E-state index contributed by atoms with van der Waals surface area (Å²) in [6.45, 7) is 6.16. The molecule has 6 nitrogen and oxygen atoms in total. The summed E-state index contributed by atoms with van der Waals surface area (Å²) in [6.07, 6.45) is 0. The largest absolute Gasteiger partial charge is 0.484 e. The Bertz CT molecular complexity index is 879. The van der Waals surface area contributed by atoms with E-state index in [9.17, 15) is 13.2 Å². The van der Waals surface area contributed by atoms with E-state index in [0.717, 1.165) is 10.0 Å². The minimum atomic E-state index is -3.50. The highest BCUT2D eigenvalue weighted by Crippen LogP contribution is 2.20. The first-order chi connectivity index (χ1) is 13.3. The molecule has 2 aromatic carbocycles. The second-order valence-corrected chi connectivity index (χ2v) is 9.04. The van der Waals surface area contributed by atoms with Gasteiger partial charge >= 0.3 is 0 Å². The fourth-order valence-corrected chi connectivity index (χ4v) is 4.41. The molecule has 2 aromatic rings. The number of nitrogens with one attached hydrogen (secondary N) is 1. The van der Waals surface area contributed by atoms with E-state index < -0.39 is 10.0 Å². The van der Waals surface area contributed by atoms with E-state index in [1.165, 1.54) is 16.4 Å². The van der Waals surface area contributed by atoms with Gasteiger partial charge in [-0.3, -0.25) is 4.79 Å². The van der Waals surface area contributed by atoms with Crippen LogP contribution in [0.3, 0.4) is 0 Å². The molecule has 0 radical (unpaired) electrons. The zero-order chi connectivity index (χ0) is 20.7. The lowest BCUT2D eigenvalue weighted by atomic mass is 10.1.